The maximum atomic E-state index is 13.6. The number of nitrogens with one attached hydrogen (secondary N) is 1. The Hall–Kier alpha value is -0.290. The first-order valence-electron chi connectivity index (χ1n) is 5.75. The fourth-order valence-corrected chi connectivity index (χ4v) is 3.48. The molecule has 1 aromatic heterocycles. The summed E-state index contributed by atoms with van der Waals surface area (Å²) < 4.78 is 14.5. The second-order valence-corrected chi connectivity index (χ2v) is 6.62. The van der Waals surface area contributed by atoms with Gasteiger partial charge in [-0.2, -0.15) is 11.8 Å². The molecule has 0 bridgehead atoms. The van der Waals surface area contributed by atoms with E-state index in [4.69, 9.17) is 0 Å². The number of aromatic nitrogens is 1. The molecule has 0 saturated heterocycles. The Morgan fingerprint density at radius 3 is 2.82 bits per heavy atom. The van der Waals surface area contributed by atoms with Crippen molar-refractivity contribution >= 4 is 33.5 Å². The summed E-state index contributed by atoms with van der Waals surface area (Å²) in [6.45, 7) is 0.791. The van der Waals surface area contributed by atoms with Gasteiger partial charge in [-0.3, -0.25) is 0 Å². The van der Waals surface area contributed by atoms with E-state index < -0.39 is 0 Å². The predicted octanol–water partition coefficient (Wildman–Crippen LogP) is 4.07. The van der Waals surface area contributed by atoms with Crippen LogP contribution in [0, 0.1) is 5.82 Å². The van der Waals surface area contributed by atoms with E-state index >= 15 is 0 Å². The van der Waals surface area contributed by atoms with Gasteiger partial charge < -0.3 is 5.32 Å². The molecule has 1 aromatic rings. The number of thioether (sulfide) groups is 1. The van der Waals surface area contributed by atoms with E-state index in [0.717, 1.165) is 6.54 Å². The zero-order valence-electron chi connectivity index (χ0n) is 9.80. The van der Waals surface area contributed by atoms with Crippen LogP contribution in [0.3, 0.4) is 0 Å². The second kappa shape index (κ2) is 5.57. The minimum absolute atomic E-state index is 0.265. The first-order valence-corrected chi connectivity index (χ1v) is 7.77. The Morgan fingerprint density at radius 2 is 2.24 bits per heavy atom. The van der Waals surface area contributed by atoms with Crippen molar-refractivity contribution in [2.24, 2.45) is 0 Å². The zero-order chi connectivity index (χ0) is 12.3. The van der Waals surface area contributed by atoms with Gasteiger partial charge in [0.05, 0.1) is 0 Å². The maximum absolute atomic E-state index is 13.6. The normalized spacial score (nSPS) is 18.3. The molecule has 0 aromatic carbocycles. The molecule has 0 unspecified atom stereocenters. The molecule has 1 aliphatic rings. The molecular formula is C12H16BrFN2S. The standard InChI is InChI=1S/C12H16BrFN2S/c1-17-12(4-2-3-5-12)8-16-11-10(14)6-9(13)7-15-11/h6-7H,2-5,8H2,1H3,(H,15,16). The highest BCUT2D eigenvalue weighted by molar-refractivity contribution is 9.10. The molecule has 17 heavy (non-hydrogen) atoms. The van der Waals surface area contributed by atoms with Gasteiger partial charge >= 0.3 is 0 Å². The molecule has 0 amide bonds. The highest BCUT2D eigenvalue weighted by Gasteiger charge is 2.32. The second-order valence-electron chi connectivity index (χ2n) is 4.43. The summed E-state index contributed by atoms with van der Waals surface area (Å²) >= 11 is 5.09. The van der Waals surface area contributed by atoms with Crippen LogP contribution in [0.2, 0.25) is 0 Å². The van der Waals surface area contributed by atoms with Crippen molar-refractivity contribution in [3.05, 3.63) is 22.6 Å². The molecule has 2 nitrogen and oxygen atoms in total. The molecule has 2 rings (SSSR count). The van der Waals surface area contributed by atoms with Gasteiger partial charge in [0.2, 0.25) is 0 Å². The van der Waals surface area contributed by atoms with Crippen LogP contribution in [0.5, 0.6) is 0 Å². The molecule has 0 radical (unpaired) electrons. The summed E-state index contributed by atoms with van der Waals surface area (Å²) in [6.07, 6.45) is 8.72. The largest absolute Gasteiger partial charge is 0.366 e. The maximum Gasteiger partial charge on any atom is 0.166 e. The molecule has 0 atom stereocenters. The zero-order valence-corrected chi connectivity index (χ0v) is 12.2. The van der Waals surface area contributed by atoms with E-state index in [1.165, 1.54) is 31.7 Å². The van der Waals surface area contributed by atoms with Crippen LogP contribution in [0.1, 0.15) is 25.7 Å². The average molecular weight is 319 g/mol. The topological polar surface area (TPSA) is 24.9 Å². The van der Waals surface area contributed by atoms with Crippen molar-refractivity contribution in [1.29, 1.82) is 0 Å². The Bertz CT molecular complexity index is 394. The molecule has 1 aliphatic carbocycles. The summed E-state index contributed by atoms with van der Waals surface area (Å²) in [5.74, 6) is 0.0575. The van der Waals surface area contributed by atoms with Crippen LogP contribution in [0.25, 0.3) is 0 Å². The van der Waals surface area contributed by atoms with Gasteiger partial charge in [0.15, 0.2) is 11.6 Å². The molecule has 1 N–H and O–H groups in total. The average Bonchev–Trinajstić information content (AvgIpc) is 2.77. The van der Waals surface area contributed by atoms with Crippen LogP contribution in [0.15, 0.2) is 16.7 Å². The molecule has 94 valence electrons. The number of anilines is 1. The number of hydrogen-bond donors (Lipinski definition) is 1. The van der Waals surface area contributed by atoms with E-state index in [9.17, 15) is 4.39 Å². The van der Waals surface area contributed by atoms with Gasteiger partial charge in [-0.15, -0.1) is 0 Å². The van der Waals surface area contributed by atoms with E-state index in [1.807, 2.05) is 11.8 Å². The molecule has 1 fully saturated rings. The third-order valence-corrected chi connectivity index (χ3v) is 5.19. The van der Waals surface area contributed by atoms with Crippen LogP contribution in [-0.4, -0.2) is 22.5 Å². The van der Waals surface area contributed by atoms with E-state index in [1.54, 1.807) is 6.20 Å². The lowest BCUT2D eigenvalue weighted by Crippen LogP contribution is -2.30. The van der Waals surface area contributed by atoms with Crippen LogP contribution in [-0.2, 0) is 0 Å². The van der Waals surface area contributed by atoms with Crippen LogP contribution in [0.4, 0.5) is 10.2 Å². The SMILES string of the molecule is CSC1(CNc2ncc(Br)cc2F)CCCC1. The summed E-state index contributed by atoms with van der Waals surface area (Å²) in [4.78, 5) is 4.06. The summed E-state index contributed by atoms with van der Waals surface area (Å²) in [7, 11) is 0. The van der Waals surface area contributed by atoms with Gasteiger partial charge in [-0.25, -0.2) is 9.37 Å². The van der Waals surface area contributed by atoms with Gasteiger partial charge in [0, 0.05) is 22.0 Å². The molecule has 0 spiro atoms. The summed E-state index contributed by atoms with van der Waals surface area (Å²) in [5, 5.41) is 3.15. The highest BCUT2D eigenvalue weighted by Crippen LogP contribution is 2.40. The number of rotatable bonds is 4. The smallest absolute Gasteiger partial charge is 0.166 e. The number of hydrogen-bond acceptors (Lipinski definition) is 3. The number of halogens is 2. The van der Waals surface area contributed by atoms with Gasteiger partial charge in [-0.05, 0) is 41.1 Å². The first-order chi connectivity index (χ1) is 8.15. The molecule has 5 heteroatoms. The molecular weight excluding hydrogens is 303 g/mol. The Kier molecular flexibility index (Phi) is 4.31. The third-order valence-electron chi connectivity index (χ3n) is 3.33. The van der Waals surface area contributed by atoms with Crippen molar-refractivity contribution < 1.29 is 4.39 Å². The lowest BCUT2D eigenvalue weighted by atomic mass is 10.1. The van der Waals surface area contributed by atoms with Crippen molar-refractivity contribution in [2.75, 3.05) is 18.1 Å². The molecule has 1 heterocycles. The molecule has 1 saturated carbocycles. The fraction of sp³-hybridized carbons (Fsp3) is 0.583. The van der Waals surface area contributed by atoms with Crippen LogP contribution >= 0.6 is 27.7 Å². The van der Waals surface area contributed by atoms with Crippen molar-refractivity contribution in [1.82, 2.24) is 4.98 Å². The lowest BCUT2D eigenvalue weighted by Gasteiger charge is -2.27. The number of nitrogens with zero attached hydrogens (tertiary/aromatic N) is 1. The highest BCUT2D eigenvalue weighted by atomic mass is 79.9. The third kappa shape index (κ3) is 3.13. The summed E-state index contributed by atoms with van der Waals surface area (Å²) in [5.41, 5.74) is 0. The van der Waals surface area contributed by atoms with E-state index in [-0.39, 0.29) is 10.6 Å². The van der Waals surface area contributed by atoms with Gasteiger partial charge in [0.1, 0.15) is 0 Å². The minimum Gasteiger partial charge on any atom is -0.366 e. The fourth-order valence-electron chi connectivity index (χ4n) is 2.26. The predicted molar refractivity (Wildman–Crippen MR) is 75.1 cm³/mol. The van der Waals surface area contributed by atoms with E-state index in [2.05, 4.69) is 32.5 Å². The first kappa shape index (κ1) is 13.1. The Morgan fingerprint density at radius 1 is 1.53 bits per heavy atom. The number of pyridine rings is 1. The van der Waals surface area contributed by atoms with Crippen LogP contribution < -0.4 is 5.32 Å². The van der Waals surface area contributed by atoms with Crippen molar-refractivity contribution in [3.8, 4) is 0 Å². The van der Waals surface area contributed by atoms with E-state index in [0.29, 0.717) is 10.3 Å². The van der Waals surface area contributed by atoms with Crippen molar-refractivity contribution in [2.45, 2.75) is 30.4 Å². The quantitative estimate of drug-likeness (QED) is 0.905. The van der Waals surface area contributed by atoms with Crippen molar-refractivity contribution in [3.63, 3.8) is 0 Å². The Balaban J connectivity index is 2.01. The lowest BCUT2D eigenvalue weighted by molar-refractivity contribution is 0.609. The summed E-state index contributed by atoms with van der Waals surface area (Å²) in [6, 6.07) is 1.44. The van der Waals surface area contributed by atoms with Gasteiger partial charge in [0.25, 0.3) is 0 Å². The minimum atomic E-state index is -0.298. The monoisotopic (exact) mass is 318 g/mol. The molecule has 0 aliphatic heterocycles. The van der Waals surface area contributed by atoms with Gasteiger partial charge in [-0.1, -0.05) is 12.8 Å². The Labute approximate surface area is 114 Å².